The van der Waals surface area contributed by atoms with Gasteiger partial charge in [0, 0.05) is 12.1 Å². The Balaban J connectivity index is 1.55. The van der Waals surface area contributed by atoms with Crippen molar-refractivity contribution in [2.75, 3.05) is 0 Å². The van der Waals surface area contributed by atoms with Gasteiger partial charge in [-0.2, -0.15) is 0 Å². The monoisotopic (exact) mass is 293 g/mol. The standard InChI is InChI=1S/C20H23NO/c1-14-7-10-18(13-20(14)15-5-3-2-4-6-15)22-19-11-16-8-9-17(12-19)21-16/h2-7,10,13,16-17,19,21H,8-9,11-12H2,1H3. The normalized spacial score (nSPS) is 26.9. The lowest BCUT2D eigenvalue weighted by Gasteiger charge is -2.29. The highest BCUT2D eigenvalue weighted by Gasteiger charge is 2.34. The number of rotatable bonds is 3. The molecule has 2 aromatic rings. The molecule has 0 saturated carbocycles. The zero-order chi connectivity index (χ0) is 14.9. The lowest BCUT2D eigenvalue weighted by molar-refractivity contribution is 0.137. The van der Waals surface area contributed by atoms with Gasteiger partial charge in [0.2, 0.25) is 0 Å². The van der Waals surface area contributed by atoms with Gasteiger partial charge in [-0.05, 0) is 61.4 Å². The van der Waals surface area contributed by atoms with E-state index in [1.165, 1.54) is 29.5 Å². The first-order valence-electron chi connectivity index (χ1n) is 8.37. The molecule has 22 heavy (non-hydrogen) atoms. The van der Waals surface area contributed by atoms with E-state index in [9.17, 15) is 0 Å². The Morgan fingerprint density at radius 1 is 0.955 bits per heavy atom. The molecular weight excluding hydrogens is 270 g/mol. The molecule has 0 aliphatic carbocycles. The van der Waals surface area contributed by atoms with Gasteiger partial charge in [0.15, 0.2) is 0 Å². The van der Waals surface area contributed by atoms with Crippen LogP contribution in [0.1, 0.15) is 31.2 Å². The summed E-state index contributed by atoms with van der Waals surface area (Å²) >= 11 is 0. The average Bonchev–Trinajstić information content (AvgIpc) is 2.89. The first kappa shape index (κ1) is 13.8. The number of hydrogen-bond acceptors (Lipinski definition) is 2. The highest BCUT2D eigenvalue weighted by molar-refractivity contribution is 5.68. The van der Waals surface area contributed by atoms with Gasteiger partial charge in [0.25, 0.3) is 0 Å². The van der Waals surface area contributed by atoms with Crippen molar-refractivity contribution in [3.05, 3.63) is 54.1 Å². The maximum absolute atomic E-state index is 6.31. The van der Waals surface area contributed by atoms with Gasteiger partial charge in [-0.25, -0.2) is 0 Å². The van der Waals surface area contributed by atoms with E-state index in [-0.39, 0.29) is 0 Å². The van der Waals surface area contributed by atoms with Crippen molar-refractivity contribution in [2.45, 2.75) is 50.8 Å². The second-order valence-electron chi connectivity index (χ2n) is 6.69. The molecule has 4 rings (SSSR count). The van der Waals surface area contributed by atoms with Gasteiger partial charge in [-0.3, -0.25) is 0 Å². The topological polar surface area (TPSA) is 21.3 Å². The van der Waals surface area contributed by atoms with Gasteiger partial charge in [-0.1, -0.05) is 36.4 Å². The van der Waals surface area contributed by atoms with Gasteiger partial charge in [0.05, 0.1) is 0 Å². The van der Waals surface area contributed by atoms with Crippen LogP contribution < -0.4 is 10.1 Å². The number of fused-ring (bicyclic) bond motifs is 2. The fourth-order valence-electron chi connectivity index (χ4n) is 3.90. The molecule has 2 aliphatic heterocycles. The predicted octanol–water partition coefficient (Wildman–Crippen LogP) is 4.32. The largest absolute Gasteiger partial charge is 0.490 e. The van der Waals surface area contributed by atoms with Crippen LogP contribution in [0, 0.1) is 6.92 Å². The zero-order valence-electron chi connectivity index (χ0n) is 13.1. The molecule has 0 amide bonds. The molecule has 2 nitrogen and oxygen atoms in total. The lowest BCUT2D eigenvalue weighted by atomic mass is 10.00. The summed E-state index contributed by atoms with van der Waals surface area (Å²) in [6.45, 7) is 2.16. The highest BCUT2D eigenvalue weighted by atomic mass is 16.5. The van der Waals surface area contributed by atoms with Gasteiger partial charge in [0.1, 0.15) is 11.9 Å². The molecule has 1 N–H and O–H groups in total. The first-order valence-corrected chi connectivity index (χ1v) is 8.37. The summed E-state index contributed by atoms with van der Waals surface area (Å²) in [5.74, 6) is 1.01. The number of piperidine rings is 1. The first-order chi connectivity index (χ1) is 10.8. The van der Waals surface area contributed by atoms with Crippen LogP contribution in [0.5, 0.6) is 5.75 Å². The number of hydrogen-bond donors (Lipinski definition) is 1. The van der Waals surface area contributed by atoms with Crippen LogP contribution in [-0.4, -0.2) is 18.2 Å². The fourth-order valence-corrected chi connectivity index (χ4v) is 3.90. The van der Waals surface area contributed by atoms with E-state index < -0.39 is 0 Å². The Morgan fingerprint density at radius 2 is 1.68 bits per heavy atom. The molecule has 2 bridgehead atoms. The SMILES string of the molecule is Cc1ccc(OC2CC3CCC(C2)N3)cc1-c1ccccc1. The number of aryl methyl sites for hydroxylation is 1. The Kier molecular flexibility index (Phi) is 3.63. The third-order valence-corrected chi connectivity index (χ3v) is 5.03. The molecule has 114 valence electrons. The molecule has 0 radical (unpaired) electrons. The van der Waals surface area contributed by atoms with E-state index >= 15 is 0 Å². The quantitative estimate of drug-likeness (QED) is 0.909. The van der Waals surface area contributed by atoms with Crippen LogP contribution >= 0.6 is 0 Å². The second kappa shape index (κ2) is 5.77. The number of ether oxygens (including phenoxy) is 1. The molecule has 2 heterocycles. The minimum absolute atomic E-state index is 0.366. The van der Waals surface area contributed by atoms with Gasteiger partial charge < -0.3 is 10.1 Å². The zero-order valence-corrected chi connectivity index (χ0v) is 13.1. The van der Waals surface area contributed by atoms with Crippen molar-refractivity contribution < 1.29 is 4.74 Å². The predicted molar refractivity (Wildman–Crippen MR) is 90.2 cm³/mol. The second-order valence-corrected chi connectivity index (χ2v) is 6.69. The van der Waals surface area contributed by atoms with Crippen molar-refractivity contribution in [1.29, 1.82) is 0 Å². The fraction of sp³-hybridized carbons (Fsp3) is 0.400. The summed E-state index contributed by atoms with van der Waals surface area (Å²) < 4.78 is 6.31. The van der Waals surface area contributed by atoms with Crippen molar-refractivity contribution >= 4 is 0 Å². The smallest absolute Gasteiger partial charge is 0.120 e. The molecule has 0 spiro atoms. The van der Waals surface area contributed by atoms with Crippen LogP contribution in [0.4, 0.5) is 0 Å². The minimum Gasteiger partial charge on any atom is -0.490 e. The van der Waals surface area contributed by atoms with E-state index in [1.807, 2.05) is 0 Å². The van der Waals surface area contributed by atoms with E-state index in [0.717, 1.165) is 18.6 Å². The molecule has 2 heteroatoms. The summed E-state index contributed by atoms with van der Waals surface area (Å²) in [5.41, 5.74) is 3.83. The molecule has 2 aliphatic rings. The Hall–Kier alpha value is -1.80. The van der Waals surface area contributed by atoms with E-state index in [0.29, 0.717) is 18.2 Å². The van der Waals surface area contributed by atoms with Crippen LogP contribution in [-0.2, 0) is 0 Å². The molecule has 2 atom stereocenters. The highest BCUT2D eigenvalue weighted by Crippen LogP contribution is 2.32. The molecule has 2 fully saturated rings. The van der Waals surface area contributed by atoms with Crippen LogP contribution in [0.15, 0.2) is 48.5 Å². The Morgan fingerprint density at radius 3 is 2.41 bits per heavy atom. The summed E-state index contributed by atoms with van der Waals surface area (Å²) in [6.07, 6.45) is 5.28. The number of nitrogens with one attached hydrogen (secondary N) is 1. The van der Waals surface area contributed by atoms with Crippen LogP contribution in [0.2, 0.25) is 0 Å². The van der Waals surface area contributed by atoms with Crippen LogP contribution in [0.3, 0.4) is 0 Å². The van der Waals surface area contributed by atoms with Crippen molar-refractivity contribution in [3.8, 4) is 16.9 Å². The summed E-state index contributed by atoms with van der Waals surface area (Å²) in [4.78, 5) is 0. The maximum Gasteiger partial charge on any atom is 0.120 e. The van der Waals surface area contributed by atoms with E-state index in [2.05, 4.69) is 60.8 Å². The third-order valence-electron chi connectivity index (χ3n) is 5.03. The average molecular weight is 293 g/mol. The molecule has 2 saturated heterocycles. The van der Waals surface area contributed by atoms with Crippen LogP contribution in [0.25, 0.3) is 11.1 Å². The lowest BCUT2D eigenvalue weighted by Crippen LogP contribution is -2.42. The minimum atomic E-state index is 0.366. The van der Waals surface area contributed by atoms with E-state index in [4.69, 9.17) is 4.74 Å². The van der Waals surface area contributed by atoms with Gasteiger partial charge >= 0.3 is 0 Å². The molecule has 2 unspecified atom stereocenters. The Bertz CT molecular complexity index is 640. The summed E-state index contributed by atoms with van der Waals surface area (Å²) in [7, 11) is 0. The summed E-state index contributed by atoms with van der Waals surface area (Å²) in [6, 6.07) is 18.4. The van der Waals surface area contributed by atoms with Crippen molar-refractivity contribution in [3.63, 3.8) is 0 Å². The van der Waals surface area contributed by atoms with E-state index in [1.54, 1.807) is 0 Å². The van der Waals surface area contributed by atoms with Crippen molar-refractivity contribution in [1.82, 2.24) is 5.32 Å². The Labute approximate surface area is 132 Å². The molecule has 0 aromatic heterocycles. The number of benzene rings is 2. The van der Waals surface area contributed by atoms with Crippen molar-refractivity contribution in [2.24, 2.45) is 0 Å². The molecule has 2 aromatic carbocycles. The summed E-state index contributed by atoms with van der Waals surface area (Å²) in [5, 5.41) is 3.67. The van der Waals surface area contributed by atoms with Gasteiger partial charge in [-0.15, -0.1) is 0 Å². The molecular formula is C20H23NO. The third kappa shape index (κ3) is 2.76. The maximum atomic E-state index is 6.31.